The highest BCUT2D eigenvalue weighted by molar-refractivity contribution is 6.30. The fourth-order valence-corrected chi connectivity index (χ4v) is 3.16. The van der Waals surface area contributed by atoms with E-state index < -0.39 is 0 Å². The van der Waals surface area contributed by atoms with Crippen molar-refractivity contribution in [2.24, 2.45) is 0 Å². The number of piperidine rings is 1. The fourth-order valence-electron chi connectivity index (χ4n) is 3.04. The van der Waals surface area contributed by atoms with E-state index in [1.54, 1.807) is 0 Å². The zero-order chi connectivity index (χ0) is 14.5. The predicted molar refractivity (Wildman–Crippen MR) is 87.2 cm³/mol. The number of nitrogens with zero attached hydrogens (tertiary/aromatic N) is 1. The molecule has 1 aromatic rings. The van der Waals surface area contributed by atoms with Gasteiger partial charge >= 0.3 is 0 Å². The molecule has 1 aromatic carbocycles. The van der Waals surface area contributed by atoms with Crippen LogP contribution in [-0.2, 0) is 0 Å². The first-order valence-corrected chi connectivity index (χ1v) is 8.55. The van der Waals surface area contributed by atoms with Crippen LogP contribution in [0.15, 0.2) is 24.3 Å². The SMILES string of the molecule is Clc1ccc(OCCN(CC2CCCCN2)C2CC2)cc1. The highest BCUT2D eigenvalue weighted by Gasteiger charge is 2.30. The van der Waals surface area contributed by atoms with Crippen molar-refractivity contribution in [1.82, 2.24) is 10.2 Å². The van der Waals surface area contributed by atoms with Crippen molar-refractivity contribution in [3.63, 3.8) is 0 Å². The average molecular weight is 309 g/mol. The Balaban J connectivity index is 1.43. The molecule has 1 atom stereocenters. The summed E-state index contributed by atoms with van der Waals surface area (Å²) in [6.45, 7) is 4.13. The predicted octanol–water partition coefficient (Wildman–Crippen LogP) is 3.33. The summed E-state index contributed by atoms with van der Waals surface area (Å²) in [6, 6.07) is 9.10. The summed E-state index contributed by atoms with van der Waals surface area (Å²) in [5.74, 6) is 0.908. The molecule has 21 heavy (non-hydrogen) atoms. The summed E-state index contributed by atoms with van der Waals surface area (Å²) >= 11 is 5.88. The van der Waals surface area contributed by atoms with Gasteiger partial charge in [-0.05, 0) is 56.5 Å². The maximum absolute atomic E-state index is 5.88. The highest BCUT2D eigenvalue weighted by Crippen LogP contribution is 2.27. The molecule has 0 aromatic heterocycles. The van der Waals surface area contributed by atoms with Gasteiger partial charge < -0.3 is 10.1 Å². The first-order chi connectivity index (χ1) is 10.3. The molecular weight excluding hydrogens is 284 g/mol. The van der Waals surface area contributed by atoms with E-state index in [4.69, 9.17) is 16.3 Å². The van der Waals surface area contributed by atoms with Gasteiger partial charge in [0.25, 0.3) is 0 Å². The van der Waals surface area contributed by atoms with Gasteiger partial charge in [0, 0.05) is 30.2 Å². The van der Waals surface area contributed by atoms with Crippen LogP contribution in [0.2, 0.25) is 5.02 Å². The smallest absolute Gasteiger partial charge is 0.119 e. The lowest BCUT2D eigenvalue weighted by Crippen LogP contribution is -2.45. The van der Waals surface area contributed by atoms with Gasteiger partial charge in [-0.2, -0.15) is 0 Å². The second kappa shape index (κ2) is 7.48. The van der Waals surface area contributed by atoms with E-state index in [2.05, 4.69) is 10.2 Å². The van der Waals surface area contributed by atoms with Crippen molar-refractivity contribution in [2.45, 2.75) is 44.2 Å². The standard InChI is InChI=1S/C17H25ClN2O/c18-14-4-8-17(9-5-14)21-12-11-20(16-6-7-16)13-15-3-1-2-10-19-15/h4-5,8-9,15-16,19H,1-3,6-7,10-13H2. The Morgan fingerprint density at radius 2 is 1.95 bits per heavy atom. The van der Waals surface area contributed by atoms with Crippen molar-refractivity contribution in [1.29, 1.82) is 0 Å². The van der Waals surface area contributed by atoms with Crippen LogP contribution in [0.5, 0.6) is 5.75 Å². The van der Waals surface area contributed by atoms with E-state index in [1.807, 2.05) is 24.3 Å². The Kier molecular flexibility index (Phi) is 5.39. The summed E-state index contributed by atoms with van der Waals surface area (Å²) in [5.41, 5.74) is 0. The monoisotopic (exact) mass is 308 g/mol. The molecule has 0 amide bonds. The highest BCUT2D eigenvalue weighted by atomic mass is 35.5. The molecule has 0 spiro atoms. The normalized spacial score (nSPS) is 22.5. The van der Waals surface area contributed by atoms with E-state index in [0.717, 1.165) is 30.0 Å². The molecule has 1 aliphatic heterocycles. The van der Waals surface area contributed by atoms with Gasteiger partial charge in [-0.3, -0.25) is 4.90 Å². The molecule has 3 rings (SSSR count). The van der Waals surface area contributed by atoms with E-state index in [0.29, 0.717) is 6.04 Å². The summed E-state index contributed by atoms with van der Waals surface area (Å²) < 4.78 is 5.84. The fraction of sp³-hybridized carbons (Fsp3) is 0.647. The number of nitrogens with one attached hydrogen (secondary N) is 1. The number of benzene rings is 1. The molecule has 3 nitrogen and oxygen atoms in total. The maximum Gasteiger partial charge on any atom is 0.119 e. The molecule has 0 radical (unpaired) electrons. The van der Waals surface area contributed by atoms with E-state index in [9.17, 15) is 0 Å². The zero-order valence-corrected chi connectivity index (χ0v) is 13.3. The van der Waals surface area contributed by atoms with Crippen LogP contribution in [-0.4, -0.2) is 43.2 Å². The minimum absolute atomic E-state index is 0.676. The van der Waals surface area contributed by atoms with Gasteiger partial charge in [-0.25, -0.2) is 0 Å². The molecule has 1 unspecified atom stereocenters. The Bertz CT molecular complexity index is 427. The lowest BCUT2D eigenvalue weighted by Gasteiger charge is -2.30. The summed E-state index contributed by atoms with van der Waals surface area (Å²) in [4.78, 5) is 2.61. The van der Waals surface area contributed by atoms with Gasteiger partial charge in [-0.15, -0.1) is 0 Å². The maximum atomic E-state index is 5.88. The van der Waals surface area contributed by atoms with Crippen molar-refractivity contribution < 1.29 is 4.74 Å². The molecule has 1 saturated heterocycles. The zero-order valence-electron chi connectivity index (χ0n) is 12.6. The number of hydrogen-bond acceptors (Lipinski definition) is 3. The quantitative estimate of drug-likeness (QED) is 0.836. The topological polar surface area (TPSA) is 24.5 Å². The third-order valence-corrected chi connectivity index (χ3v) is 4.64. The molecule has 4 heteroatoms. The first-order valence-electron chi connectivity index (χ1n) is 8.17. The molecule has 1 aliphatic carbocycles. The lowest BCUT2D eigenvalue weighted by atomic mass is 10.0. The Labute approximate surface area is 132 Å². The minimum atomic E-state index is 0.676. The lowest BCUT2D eigenvalue weighted by molar-refractivity contribution is 0.176. The third kappa shape index (κ3) is 4.87. The molecular formula is C17H25ClN2O. The van der Waals surface area contributed by atoms with Crippen LogP contribution in [0.4, 0.5) is 0 Å². The minimum Gasteiger partial charge on any atom is -0.492 e. The Morgan fingerprint density at radius 3 is 2.62 bits per heavy atom. The van der Waals surface area contributed by atoms with Crippen LogP contribution in [0.3, 0.4) is 0 Å². The van der Waals surface area contributed by atoms with Crippen molar-refractivity contribution in [3.8, 4) is 5.75 Å². The second-order valence-corrected chi connectivity index (χ2v) is 6.61. The van der Waals surface area contributed by atoms with Gasteiger partial charge in [0.15, 0.2) is 0 Å². The van der Waals surface area contributed by atoms with Gasteiger partial charge in [-0.1, -0.05) is 18.0 Å². The Hall–Kier alpha value is -0.770. The van der Waals surface area contributed by atoms with Crippen LogP contribution in [0, 0.1) is 0 Å². The van der Waals surface area contributed by atoms with Crippen LogP contribution in [0.25, 0.3) is 0 Å². The first kappa shape index (κ1) is 15.1. The third-order valence-electron chi connectivity index (χ3n) is 4.39. The molecule has 2 fully saturated rings. The summed E-state index contributed by atoms with van der Waals surface area (Å²) in [5, 5.41) is 4.40. The van der Waals surface area contributed by atoms with E-state index in [1.165, 1.54) is 45.2 Å². The molecule has 1 heterocycles. The summed E-state index contributed by atoms with van der Waals surface area (Å²) in [6.07, 6.45) is 6.74. The summed E-state index contributed by atoms with van der Waals surface area (Å²) in [7, 11) is 0. The van der Waals surface area contributed by atoms with E-state index in [-0.39, 0.29) is 0 Å². The average Bonchev–Trinajstić information content (AvgIpc) is 3.34. The van der Waals surface area contributed by atoms with Crippen molar-refractivity contribution in [2.75, 3.05) is 26.2 Å². The van der Waals surface area contributed by atoms with Crippen LogP contribution < -0.4 is 10.1 Å². The Morgan fingerprint density at radius 1 is 1.14 bits per heavy atom. The van der Waals surface area contributed by atoms with Gasteiger partial charge in [0.2, 0.25) is 0 Å². The van der Waals surface area contributed by atoms with Gasteiger partial charge in [0.1, 0.15) is 12.4 Å². The van der Waals surface area contributed by atoms with Crippen LogP contribution >= 0.6 is 11.6 Å². The molecule has 1 N–H and O–H groups in total. The molecule has 1 saturated carbocycles. The van der Waals surface area contributed by atoms with E-state index >= 15 is 0 Å². The second-order valence-electron chi connectivity index (χ2n) is 6.18. The number of hydrogen-bond donors (Lipinski definition) is 1. The van der Waals surface area contributed by atoms with Crippen molar-refractivity contribution in [3.05, 3.63) is 29.3 Å². The largest absolute Gasteiger partial charge is 0.492 e. The number of ether oxygens (including phenoxy) is 1. The number of rotatable bonds is 7. The molecule has 116 valence electrons. The van der Waals surface area contributed by atoms with Crippen LogP contribution in [0.1, 0.15) is 32.1 Å². The molecule has 0 bridgehead atoms. The van der Waals surface area contributed by atoms with Gasteiger partial charge in [0.05, 0.1) is 0 Å². The molecule has 2 aliphatic rings. The number of halogens is 1. The van der Waals surface area contributed by atoms with Crippen molar-refractivity contribution >= 4 is 11.6 Å².